The van der Waals surface area contributed by atoms with E-state index < -0.39 is 0 Å². The SMILES string of the molecule is Cc1cc(-c2nc(C)c(C)c(Cl)n2)cs1. The lowest BCUT2D eigenvalue weighted by Gasteiger charge is -2.03. The van der Waals surface area contributed by atoms with E-state index in [1.807, 2.05) is 13.8 Å². The van der Waals surface area contributed by atoms with Crippen LogP contribution in [0.25, 0.3) is 11.4 Å². The van der Waals surface area contributed by atoms with E-state index in [1.54, 1.807) is 11.3 Å². The number of hydrogen-bond donors (Lipinski definition) is 0. The molecule has 0 radical (unpaired) electrons. The molecule has 0 aromatic carbocycles. The summed E-state index contributed by atoms with van der Waals surface area (Å²) in [5.41, 5.74) is 2.93. The maximum absolute atomic E-state index is 6.03. The maximum Gasteiger partial charge on any atom is 0.161 e. The molecule has 0 aliphatic carbocycles. The number of rotatable bonds is 1. The van der Waals surface area contributed by atoms with Crippen molar-refractivity contribution in [3.63, 3.8) is 0 Å². The average Bonchev–Trinajstić information content (AvgIpc) is 2.60. The van der Waals surface area contributed by atoms with Gasteiger partial charge in [0.15, 0.2) is 5.82 Å². The summed E-state index contributed by atoms with van der Waals surface area (Å²) in [6.07, 6.45) is 0. The van der Waals surface area contributed by atoms with Crippen LogP contribution < -0.4 is 0 Å². The second-order valence-electron chi connectivity index (χ2n) is 3.49. The molecule has 0 N–H and O–H groups in total. The van der Waals surface area contributed by atoms with E-state index in [0.29, 0.717) is 11.0 Å². The Morgan fingerprint density at radius 2 is 1.93 bits per heavy atom. The smallest absolute Gasteiger partial charge is 0.161 e. The molecule has 0 aliphatic rings. The monoisotopic (exact) mass is 238 g/mol. The minimum Gasteiger partial charge on any atom is -0.233 e. The van der Waals surface area contributed by atoms with Crippen LogP contribution in [0.2, 0.25) is 5.15 Å². The summed E-state index contributed by atoms with van der Waals surface area (Å²) in [6.45, 7) is 5.95. The van der Waals surface area contributed by atoms with Gasteiger partial charge in [-0.25, -0.2) is 9.97 Å². The molecule has 2 nitrogen and oxygen atoms in total. The van der Waals surface area contributed by atoms with Crippen LogP contribution >= 0.6 is 22.9 Å². The summed E-state index contributed by atoms with van der Waals surface area (Å²) >= 11 is 7.72. The van der Waals surface area contributed by atoms with Crippen molar-refractivity contribution in [3.8, 4) is 11.4 Å². The fraction of sp³-hybridized carbons (Fsp3) is 0.273. The van der Waals surface area contributed by atoms with Gasteiger partial charge in [-0.1, -0.05) is 11.6 Å². The molecule has 15 heavy (non-hydrogen) atoms. The number of thiophene rings is 1. The van der Waals surface area contributed by atoms with E-state index in [0.717, 1.165) is 16.8 Å². The third-order valence-corrected chi connectivity index (χ3v) is 3.55. The van der Waals surface area contributed by atoms with Gasteiger partial charge in [-0.15, -0.1) is 11.3 Å². The summed E-state index contributed by atoms with van der Waals surface area (Å²) in [4.78, 5) is 9.96. The Morgan fingerprint density at radius 1 is 1.20 bits per heavy atom. The lowest BCUT2D eigenvalue weighted by atomic mass is 10.2. The summed E-state index contributed by atoms with van der Waals surface area (Å²) in [6, 6.07) is 2.07. The maximum atomic E-state index is 6.03. The van der Waals surface area contributed by atoms with Gasteiger partial charge in [-0.05, 0) is 26.8 Å². The van der Waals surface area contributed by atoms with Crippen molar-refractivity contribution >= 4 is 22.9 Å². The lowest BCUT2D eigenvalue weighted by molar-refractivity contribution is 1.07. The van der Waals surface area contributed by atoms with Crippen LogP contribution in [0, 0.1) is 20.8 Å². The predicted molar refractivity (Wildman–Crippen MR) is 64.6 cm³/mol. The Kier molecular flexibility index (Phi) is 2.76. The summed E-state index contributed by atoms with van der Waals surface area (Å²) in [5.74, 6) is 0.715. The third-order valence-electron chi connectivity index (χ3n) is 2.32. The van der Waals surface area contributed by atoms with Gasteiger partial charge in [0.2, 0.25) is 0 Å². The molecule has 2 aromatic heterocycles. The van der Waals surface area contributed by atoms with E-state index in [9.17, 15) is 0 Å². The molecule has 2 heterocycles. The van der Waals surface area contributed by atoms with Gasteiger partial charge in [0.05, 0.1) is 0 Å². The Labute approximate surface area is 98.0 Å². The van der Waals surface area contributed by atoms with Crippen molar-refractivity contribution in [1.29, 1.82) is 0 Å². The average molecular weight is 239 g/mol. The van der Waals surface area contributed by atoms with Crippen LogP contribution in [0.5, 0.6) is 0 Å². The molecule has 0 bridgehead atoms. The van der Waals surface area contributed by atoms with Crippen LogP contribution in [-0.4, -0.2) is 9.97 Å². The zero-order valence-electron chi connectivity index (χ0n) is 8.84. The highest BCUT2D eigenvalue weighted by atomic mass is 35.5. The fourth-order valence-electron chi connectivity index (χ4n) is 1.28. The first-order chi connectivity index (χ1) is 7.08. The molecule has 0 unspecified atom stereocenters. The minimum atomic E-state index is 0.543. The van der Waals surface area contributed by atoms with E-state index in [4.69, 9.17) is 11.6 Å². The van der Waals surface area contributed by atoms with Crippen LogP contribution in [-0.2, 0) is 0 Å². The quantitative estimate of drug-likeness (QED) is 0.707. The van der Waals surface area contributed by atoms with Crippen molar-refractivity contribution in [2.24, 2.45) is 0 Å². The van der Waals surface area contributed by atoms with Crippen LogP contribution in [0.3, 0.4) is 0 Å². The van der Waals surface area contributed by atoms with Gasteiger partial charge in [0.25, 0.3) is 0 Å². The molecule has 0 saturated carbocycles. The topological polar surface area (TPSA) is 25.8 Å². The minimum absolute atomic E-state index is 0.543. The normalized spacial score (nSPS) is 10.7. The van der Waals surface area contributed by atoms with Crippen molar-refractivity contribution < 1.29 is 0 Å². The predicted octanol–water partition coefficient (Wildman–Crippen LogP) is 3.78. The van der Waals surface area contributed by atoms with Crippen molar-refractivity contribution in [3.05, 3.63) is 32.7 Å². The molecule has 2 rings (SSSR count). The fourth-order valence-corrected chi connectivity index (χ4v) is 2.18. The van der Waals surface area contributed by atoms with Gasteiger partial charge in [0.1, 0.15) is 5.15 Å². The molecule has 0 atom stereocenters. The van der Waals surface area contributed by atoms with E-state index in [1.165, 1.54) is 4.88 Å². The zero-order chi connectivity index (χ0) is 11.0. The number of aryl methyl sites for hydroxylation is 2. The zero-order valence-corrected chi connectivity index (χ0v) is 10.4. The Hall–Kier alpha value is -0.930. The molecule has 0 aliphatic heterocycles. The number of nitrogens with zero attached hydrogens (tertiary/aromatic N) is 2. The van der Waals surface area contributed by atoms with Crippen LogP contribution in [0.1, 0.15) is 16.1 Å². The number of halogens is 1. The highest BCUT2D eigenvalue weighted by molar-refractivity contribution is 7.10. The Morgan fingerprint density at radius 3 is 2.47 bits per heavy atom. The molecular weight excluding hydrogens is 228 g/mol. The number of hydrogen-bond acceptors (Lipinski definition) is 3. The molecule has 0 amide bonds. The van der Waals surface area contributed by atoms with Gasteiger partial charge in [0, 0.05) is 27.1 Å². The first-order valence-corrected chi connectivity index (χ1v) is 5.90. The van der Waals surface area contributed by atoms with E-state index in [-0.39, 0.29) is 0 Å². The largest absolute Gasteiger partial charge is 0.233 e. The second kappa shape index (κ2) is 3.91. The summed E-state index contributed by atoms with van der Waals surface area (Å²) < 4.78 is 0. The molecule has 4 heteroatoms. The highest BCUT2D eigenvalue weighted by Gasteiger charge is 2.08. The Balaban J connectivity index is 2.55. The Bertz CT molecular complexity index is 482. The van der Waals surface area contributed by atoms with E-state index in [2.05, 4.69) is 28.3 Å². The second-order valence-corrected chi connectivity index (χ2v) is 4.97. The number of aromatic nitrogens is 2. The van der Waals surface area contributed by atoms with Gasteiger partial charge in [-0.3, -0.25) is 0 Å². The first-order valence-electron chi connectivity index (χ1n) is 4.64. The summed E-state index contributed by atoms with van der Waals surface area (Å²) in [5, 5.41) is 2.59. The highest BCUT2D eigenvalue weighted by Crippen LogP contribution is 2.25. The van der Waals surface area contributed by atoms with Crippen LogP contribution in [0.15, 0.2) is 11.4 Å². The third kappa shape index (κ3) is 2.03. The standard InChI is InChI=1S/C11H11ClN2S/c1-6-4-9(5-15-6)11-13-8(3)7(2)10(12)14-11/h4-5H,1-3H3. The van der Waals surface area contributed by atoms with Gasteiger partial charge >= 0.3 is 0 Å². The van der Waals surface area contributed by atoms with Crippen molar-refractivity contribution in [1.82, 2.24) is 9.97 Å². The molecule has 78 valence electrons. The lowest BCUT2D eigenvalue weighted by Crippen LogP contribution is -1.95. The molecule has 0 spiro atoms. The molecular formula is C11H11ClN2S. The molecule has 0 saturated heterocycles. The van der Waals surface area contributed by atoms with Crippen LogP contribution in [0.4, 0.5) is 0 Å². The van der Waals surface area contributed by atoms with Gasteiger partial charge < -0.3 is 0 Å². The van der Waals surface area contributed by atoms with Gasteiger partial charge in [-0.2, -0.15) is 0 Å². The molecule has 0 fully saturated rings. The summed E-state index contributed by atoms with van der Waals surface area (Å²) in [7, 11) is 0. The first kappa shape index (κ1) is 10.6. The van der Waals surface area contributed by atoms with Crippen molar-refractivity contribution in [2.75, 3.05) is 0 Å². The van der Waals surface area contributed by atoms with Crippen molar-refractivity contribution in [2.45, 2.75) is 20.8 Å². The van der Waals surface area contributed by atoms with E-state index >= 15 is 0 Å². The molecule has 2 aromatic rings.